The van der Waals surface area contributed by atoms with Gasteiger partial charge in [-0.25, -0.2) is 0 Å². The van der Waals surface area contributed by atoms with E-state index < -0.39 is 5.97 Å². The molecule has 0 unspecified atom stereocenters. The number of carboxylic acid groups (broad SMARTS) is 1. The number of hydrogen-bond acceptors (Lipinski definition) is 1. The van der Waals surface area contributed by atoms with E-state index in [9.17, 15) is 0 Å². The third-order valence-electron chi connectivity index (χ3n) is 0. The topological polar surface area (TPSA) is 37.3 Å². The molecule has 3 heteroatoms. The summed E-state index contributed by atoms with van der Waals surface area (Å²) < 4.78 is 0. The number of aliphatic carboxylic acids is 1. The van der Waals surface area contributed by atoms with Crippen molar-refractivity contribution in [2.75, 3.05) is 0 Å². The van der Waals surface area contributed by atoms with Crippen LogP contribution in [0.5, 0.6) is 0 Å². The number of rotatable bonds is 0. The van der Waals surface area contributed by atoms with Gasteiger partial charge in [-0.05, 0) is 0 Å². The second kappa shape index (κ2) is 8.96. The summed E-state index contributed by atoms with van der Waals surface area (Å²) in [7, 11) is 0. The van der Waals surface area contributed by atoms with Crippen LogP contribution in [0.2, 0.25) is 0 Å². The average molecular weight is 184 g/mol. The molecule has 0 aromatic carbocycles. The van der Waals surface area contributed by atoms with E-state index in [1.54, 1.807) is 0 Å². The molecule has 0 saturated carbocycles. The maximum Gasteiger partial charge on any atom is 0.300 e. The Morgan fingerprint density at radius 2 is 1.67 bits per heavy atom. The molecule has 0 aromatic heterocycles. The summed E-state index contributed by atoms with van der Waals surface area (Å²) in [6.45, 7) is 1.08. The van der Waals surface area contributed by atoms with Gasteiger partial charge in [-0.15, -0.1) is 0 Å². The molecule has 1 radical (unpaired) electrons. The Kier molecular flexibility index (Phi) is 24.4. The minimum absolute atomic E-state index is 0. The van der Waals surface area contributed by atoms with Crippen molar-refractivity contribution in [2.24, 2.45) is 0 Å². The molecule has 0 fully saturated rings. The molecule has 0 amide bonds. The van der Waals surface area contributed by atoms with Gasteiger partial charge in [-0.2, -0.15) is 0 Å². The van der Waals surface area contributed by atoms with Crippen LogP contribution in [-0.4, -0.2) is 11.1 Å². The summed E-state index contributed by atoms with van der Waals surface area (Å²) in [6.07, 6.45) is 0. The molecule has 2 nitrogen and oxygen atoms in total. The van der Waals surface area contributed by atoms with Crippen LogP contribution < -0.4 is 0 Å². The van der Waals surface area contributed by atoms with Crippen molar-refractivity contribution >= 4 is 5.97 Å². The Balaban J connectivity index is -0.0000000450. The van der Waals surface area contributed by atoms with E-state index in [0.717, 1.165) is 6.92 Å². The number of hydrogen-bond donors (Lipinski definition) is 1. The maximum atomic E-state index is 9.00. The Morgan fingerprint density at radius 3 is 1.67 bits per heavy atom. The standard InChI is InChI=1S/C2H4O2.CH4.Ag/c1-2(3)4;;/h1H3,(H,3,4);1H4;. The molecule has 0 bridgehead atoms. The normalized spacial score (nSPS) is 4.17. The van der Waals surface area contributed by atoms with Crippen molar-refractivity contribution in [1.29, 1.82) is 0 Å². The summed E-state index contributed by atoms with van der Waals surface area (Å²) in [5.74, 6) is -0.833. The second-order valence-corrected chi connectivity index (χ2v) is 0.519. The Hall–Kier alpha value is 0.210. The molecule has 0 spiro atoms. The average Bonchev–Trinajstić information content (AvgIpc) is 0.811. The van der Waals surface area contributed by atoms with Crippen LogP contribution in [0.15, 0.2) is 0 Å². The SMILES string of the molecule is C.CC(=O)O.[Ag]. The largest absolute Gasteiger partial charge is 0.481 e. The molecule has 0 saturated heterocycles. The van der Waals surface area contributed by atoms with Gasteiger partial charge in [0.2, 0.25) is 0 Å². The van der Waals surface area contributed by atoms with Crippen molar-refractivity contribution in [3.8, 4) is 0 Å². The third-order valence-corrected chi connectivity index (χ3v) is 0. The van der Waals surface area contributed by atoms with Crippen molar-refractivity contribution in [3.63, 3.8) is 0 Å². The van der Waals surface area contributed by atoms with E-state index in [1.807, 2.05) is 0 Å². The molecular weight excluding hydrogens is 176 g/mol. The summed E-state index contributed by atoms with van der Waals surface area (Å²) in [6, 6.07) is 0. The quantitative estimate of drug-likeness (QED) is 0.563. The van der Waals surface area contributed by atoms with E-state index in [1.165, 1.54) is 0 Å². The van der Waals surface area contributed by atoms with E-state index in [-0.39, 0.29) is 29.8 Å². The van der Waals surface area contributed by atoms with E-state index >= 15 is 0 Å². The van der Waals surface area contributed by atoms with Crippen LogP contribution in [0.3, 0.4) is 0 Å². The molecule has 0 rings (SSSR count). The Labute approximate surface area is 53.1 Å². The van der Waals surface area contributed by atoms with Crippen molar-refractivity contribution in [3.05, 3.63) is 0 Å². The number of carbonyl (C=O) groups is 1. The van der Waals surface area contributed by atoms with E-state index in [0.29, 0.717) is 0 Å². The molecule has 0 aliphatic carbocycles. The molecule has 1 N–H and O–H groups in total. The van der Waals surface area contributed by atoms with E-state index in [2.05, 4.69) is 0 Å². The van der Waals surface area contributed by atoms with Crippen LogP contribution in [0.1, 0.15) is 14.4 Å². The van der Waals surface area contributed by atoms with Crippen LogP contribution in [-0.2, 0) is 27.2 Å². The molecule has 6 heavy (non-hydrogen) atoms. The van der Waals surface area contributed by atoms with Gasteiger partial charge in [0.15, 0.2) is 0 Å². The Bertz CT molecular complexity index is 31.8. The fraction of sp³-hybridized carbons (Fsp3) is 0.667. The fourth-order valence-corrected chi connectivity index (χ4v) is 0. The first kappa shape index (κ1) is 16.4. The van der Waals surface area contributed by atoms with Crippen LogP contribution >= 0.6 is 0 Å². The fourth-order valence-electron chi connectivity index (χ4n) is 0. The van der Waals surface area contributed by atoms with Crippen molar-refractivity contribution in [1.82, 2.24) is 0 Å². The summed E-state index contributed by atoms with van der Waals surface area (Å²) in [5.41, 5.74) is 0. The van der Waals surface area contributed by atoms with Gasteiger partial charge < -0.3 is 5.11 Å². The molecule has 43 valence electrons. The number of carboxylic acids is 1. The molecule has 0 heterocycles. The molecule has 0 atom stereocenters. The van der Waals surface area contributed by atoms with Crippen molar-refractivity contribution < 1.29 is 32.3 Å². The maximum absolute atomic E-state index is 9.00. The first-order valence-electron chi connectivity index (χ1n) is 0.928. The van der Waals surface area contributed by atoms with Gasteiger partial charge in [-0.1, -0.05) is 7.43 Å². The zero-order valence-corrected chi connectivity index (χ0v) is 4.14. The summed E-state index contributed by atoms with van der Waals surface area (Å²) in [5, 5.41) is 7.42. The Morgan fingerprint density at radius 1 is 1.67 bits per heavy atom. The first-order chi connectivity index (χ1) is 1.73. The van der Waals surface area contributed by atoms with Gasteiger partial charge >= 0.3 is 0 Å². The minimum atomic E-state index is -0.833. The molecule has 0 aliphatic rings. The summed E-state index contributed by atoms with van der Waals surface area (Å²) >= 11 is 0. The predicted molar refractivity (Wildman–Crippen MR) is 20.0 cm³/mol. The van der Waals surface area contributed by atoms with Gasteiger partial charge in [0.1, 0.15) is 0 Å². The monoisotopic (exact) mass is 183 g/mol. The summed E-state index contributed by atoms with van der Waals surface area (Å²) in [4.78, 5) is 9.00. The van der Waals surface area contributed by atoms with Gasteiger partial charge in [-0.3, -0.25) is 4.79 Å². The predicted octanol–water partition coefficient (Wildman–Crippen LogP) is 0.724. The minimum Gasteiger partial charge on any atom is -0.481 e. The zero-order chi connectivity index (χ0) is 3.58. The van der Waals surface area contributed by atoms with E-state index in [4.69, 9.17) is 9.90 Å². The van der Waals surface area contributed by atoms with Gasteiger partial charge in [0, 0.05) is 29.3 Å². The first-order valence-corrected chi connectivity index (χ1v) is 0.928. The third kappa shape index (κ3) is 981. The van der Waals surface area contributed by atoms with Gasteiger partial charge in [0.05, 0.1) is 0 Å². The smallest absolute Gasteiger partial charge is 0.300 e. The van der Waals surface area contributed by atoms with Gasteiger partial charge in [0.25, 0.3) is 5.97 Å². The van der Waals surface area contributed by atoms with Crippen LogP contribution in [0.4, 0.5) is 0 Å². The second-order valence-electron chi connectivity index (χ2n) is 0.519. The van der Waals surface area contributed by atoms with Crippen LogP contribution in [0.25, 0.3) is 0 Å². The molecule has 0 aromatic rings. The molecule has 0 aliphatic heterocycles. The molecular formula is C3H8AgO2. The van der Waals surface area contributed by atoms with Crippen molar-refractivity contribution in [2.45, 2.75) is 14.4 Å². The zero-order valence-electron chi connectivity index (χ0n) is 2.66. The van der Waals surface area contributed by atoms with Crippen LogP contribution in [0, 0.1) is 0 Å².